The van der Waals surface area contributed by atoms with Crippen molar-refractivity contribution in [3.63, 3.8) is 0 Å². The van der Waals surface area contributed by atoms with E-state index in [1.807, 2.05) is 13.0 Å². The van der Waals surface area contributed by atoms with Crippen LogP contribution in [-0.2, 0) is 16.6 Å². The fraction of sp³-hybridized carbons (Fsp3) is 0.630. The van der Waals surface area contributed by atoms with E-state index in [4.69, 9.17) is 9.47 Å². The summed E-state index contributed by atoms with van der Waals surface area (Å²) < 4.78 is 13.1. The molecule has 0 aromatic heterocycles. The minimum Gasteiger partial charge on any atom is -0.504 e. The zero-order chi connectivity index (χ0) is 22.5. The van der Waals surface area contributed by atoms with E-state index in [0.29, 0.717) is 11.8 Å². The molecule has 7 rings (SSSR count). The number of nitrogens with zero attached hydrogens (tertiary/aromatic N) is 1. The number of hydrogen-bond donors (Lipinski definition) is 2. The van der Waals surface area contributed by atoms with Gasteiger partial charge < -0.3 is 19.7 Å². The highest BCUT2D eigenvalue weighted by atomic mass is 16.6. The van der Waals surface area contributed by atoms with Crippen LogP contribution in [0.3, 0.4) is 0 Å². The van der Waals surface area contributed by atoms with Crippen LogP contribution in [0.4, 0.5) is 0 Å². The number of aromatic hydroxyl groups is 1. The van der Waals surface area contributed by atoms with Crippen LogP contribution >= 0.6 is 0 Å². The first-order valence-electron chi connectivity index (χ1n) is 12.2. The number of likely N-dealkylation sites (tertiary alicyclic amines) is 1. The van der Waals surface area contributed by atoms with E-state index in [1.54, 1.807) is 13.2 Å². The molecule has 2 fully saturated rings. The van der Waals surface area contributed by atoms with E-state index in [9.17, 15) is 10.2 Å². The van der Waals surface area contributed by atoms with E-state index >= 15 is 0 Å². The summed E-state index contributed by atoms with van der Waals surface area (Å²) in [6.45, 7) is 9.95. The van der Waals surface area contributed by atoms with Gasteiger partial charge in [0.1, 0.15) is 11.7 Å². The van der Waals surface area contributed by atoms with Crippen LogP contribution in [0, 0.1) is 11.3 Å². The summed E-state index contributed by atoms with van der Waals surface area (Å²) in [6.07, 6.45) is 10.7. The zero-order valence-electron chi connectivity index (χ0n) is 19.4. The molecule has 4 aliphatic carbocycles. The Balaban J connectivity index is 1.64. The van der Waals surface area contributed by atoms with Gasteiger partial charge in [-0.3, -0.25) is 4.90 Å². The van der Waals surface area contributed by atoms with Gasteiger partial charge in [-0.15, -0.1) is 6.58 Å². The Labute approximate surface area is 190 Å². The van der Waals surface area contributed by atoms with Gasteiger partial charge in [0.2, 0.25) is 0 Å². The lowest BCUT2D eigenvalue weighted by Crippen LogP contribution is -2.80. The lowest BCUT2D eigenvalue weighted by molar-refractivity contribution is -0.248. The van der Waals surface area contributed by atoms with Gasteiger partial charge in [-0.2, -0.15) is 0 Å². The van der Waals surface area contributed by atoms with Gasteiger partial charge >= 0.3 is 0 Å². The number of methoxy groups -OCH3 is 1. The lowest BCUT2D eigenvalue weighted by Gasteiger charge is -2.72. The molecule has 6 aliphatic rings. The number of ether oxygens (including phenoxy) is 2. The molecule has 5 heteroatoms. The molecule has 0 unspecified atom stereocenters. The highest BCUT2D eigenvalue weighted by molar-refractivity contribution is 5.65. The SMILES string of the molecule is C=CCN1CC[C@]23c4c5ccc(O)c4O[C@H]2[C@]2(OC)C=C[C@]3(C[C@@H]2[C@](C)(O)CCC)[C@H]1C5. The van der Waals surface area contributed by atoms with Crippen LogP contribution in [-0.4, -0.2) is 58.7 Å². The summed E-state index contributed by atoms with van der Waals surface area (Å²) in [5, 5.41) is 22.6. The van der Waals surface area contributed by atoms with Crippen molar-refractivity contribution >= 4 is 0 Å². The average molecular weight is 438 g/mol. The molecule has 172 valence electrons. The van der Waals surface area contributed by atoms with Gasteiger partial charge in [-0.1, -0.05) is 37.6 Å². The van der Waals surface area contributed by atoms with E-state index in [0.717, 1.165) is 45.2 Å². The van der Waals surface area contributed by atoms with Crippen molar-refractivity contribution in [3.05, 3.63) is 48.1 Å². The fourth-order valence-corrected chi connectivity index (χ4v) is 8.70. The molecule has 1 saturated heterocycles. The molecule has 0 radical (unpaired) electrons. The second-order valence-electron chi connectivity index (χ2n) is 11.0. The number of phenols is 1. The number of rotatable bonds is 6. The highest BCUT2D eigenvalue weighted by Crippen LogP contribution is 2.75. The van der Waals surface area contributed by atoms with Crippen molar-refractivity contribution in [1.29, 1.82) is 0 Å². The first-order valence-corrected chi connectivity index (χ1v) is 12.2. The highest BCUT2D eigenvalue weighted by Gasteiger charge is 2.80. The predicted molar refractivity (Wildman–Crippen MR) is 123 cm³/mol. The first-order chi connectivity index (χ1) is 15.3. The van der Waals surface area contributed by atoms with Crippen molar-refractivity contribution < 1.29 is 19.7 Å². The summed E-state index contributed by atoms with van der Waals surface area (Å²) in [6, 6.07) is 4.18. The molecule has 1 aromatic carbocycles. The van der Waals surface area contributed by atoms with Crippen molar-refractivity contribution in [3.8, 4) is 11.5 Å². The van der Waals surface area contributed by atoms with Crippen LogP contribution < -0.4 is 4.74 Å². The Kier molecular flexibility index (Phi) is 4.15. The zero-order valence-corrected chi connectivity index (χ0v) is 19.4. The number of fused-ring (bicyclic) bond motifs is 1. The lowest BCUT2D eigenvalue weighted by atomic mass is 9.36. The second-order valence-corrected chi connectivity index (χ2v) is 11.0. The quantitative estimate of drug-likeness (QED) is 0.664. The van der Waals surface area contributed by atoms with Crippen molar-refractivity contribution in [1.82, 2.24) is 4.90 Å². The van der Waals surface area contributed by atoms with E-state index < -0.39 is 11.2 Å². The minimum atomic E-state index is -0.873. The van der Waals surface area contributed by atoms with Gasteiger partial charge in [0.15, 0.2) is 11.5 Å². The maximum Gasteiger partial charge on any atom is 0.165 e. The molecule has 2 N–H and O–H groups in total. The second kappa shape index (κ2) is 6.40. The van der Waals surface area contributed by atoms with Gasteiger partial charge in [-0.25, -0.2) is 0 Å². The Bertz CT molecular complexity index is 1020. The van der Waals surface area contributed by atoms with Crippen molar-refractivity contribution in [2.75, 3.05) is 20.2 Å². The summed E-state index contributed by atoms with van der Waals surface area (Å²) in [7, 11) is 1.76. The van der Waals surface area contributed by atoms with Crippen LogP contribution in [0.5, 0.6) is 11.5 Å². The molecule has 2 aliphatic heterocycles. The number of hydrogen-bond acceptors (Lipinski definition) is 5. The van der Waals surface area contributed by atoms with Crippen molar-refractivity contribution in [2.45, 2.75) is 74.7 Å². The van der Waals surface area contributed by atoms with Crippen LogP contribution in [0.25, 0.3) is 0 Å². The van der Waals surface area contributed by atoms with Crippen LogP contribution in [0.2, 0.25) is 0 Å². The summed E-state index contributed by atoms with van der Waals surface area (Å²) in [5.74, 6) is 0.776. The molecule has 1 aromatic rings. The third kappa shape index (κ3) is 2.07. The fourth-order valence-electron chi connectivity index (χ4n) is 8.70. The number of piperidine rings is 1. The maximum atomic E-state index is 11.8. The standard InChI is InChI=1S/C27H35NO4/c1-5-9-24(3,30)19-16-25-10-11-27(19,31-4)23-26(25)12-14-28(13-6-2)20(25)15-17-7-8-18(29)22(32-23)21(17)26/h6-8,10-11,19-20,23,29-30H,2,5,9,12-16H2,1,3-4H3/t19-,20-,23-,24-,25+,26+,27+/m1/s1. The number of benzene rings is 1. The molecule has 1 saturated carbocycles. The molecule has 0 amide bonds. The van der Waals surface area contributed by atoms with Gasteiger partial charge in [0.25, 0.3) is 0 Å². The predicted octanol–water partition coefficient (Wildman–Crippen LogP) is 3.72. The molecule has 32 heavy (non-hydrogen) atoms. The molecule has 5 nitrogen and oxygen atoms in total. The summed E-state index contributed by atoms with van der Waals surface area (Å²) >= 11 is 0. The number of aliphatic hydroxyl groups is 1. The Hall–Kier alpha value is -1.82. The Morgan fingerprint density at radius 3 is 2.91 bits per heavy atom. The Morgan fingerprint density at radius 1 is 1.38 bits per heavy atom. The number of phenolic OH excluding ortho intramolecular Hbond substituents is 1. The maximum absolute atomic E-state index is 11.8. The normalized spacial score (nSPS) is 42.3. The molecule has 7 atom stereocenters. The van der Waals surface area contributed by atoms with E-state index in [2.05, 4.69) is 36.6 Å². The van der Waals surface area contributed by atoms with E-state index in [1.165, 1.54) is 11.1 Å². The first kappa shape index (κ1) is 20.8. The van der Waals surface area contributed by atoms with Crippen LogP contribution in [0.15, 0.2) is 36.9 Å². The van der Waals surface area contributed by atoms with Gasteiger partial charge in [0.05, 0.1) is 11.0 Å². The largest absolute Gasteiger partial charge is 0.504 e. The smallest absolute Gasteiger partial charge is 0.165 e. The average Bonchev–Trinajstić information content (AvgIpc) is 3.14. The van der Waals surface area contributed by atoms with Crippen LogP contribution in [0.1, 0.15) is 50.7 Å². The Morgan fingerprint density at radius 2 is 2.19 bits per heavy atom. The summed E-state index contributed by atoms with van der Waals surface area (Å²) in [4.78, 5) is 2.57. The topological polar surface area (TPSA) is 62.2 Å². The molecule has 2 spiro atoms. The monoisotopic (exact) mass is 437 g/mol. The van der Waals surface area contributed by atoms with E-state index in [-0.39, 0.29) is 28.6 Å². The third-order valence-corrected chi connectivity index (χ3v) is 9.79. The molecular formula is C27H35NO4. The molecule has 2 heterocycles. The summed E-state index contributed by atoms with van der Waals surface area (Å²) in [5.41, 5.74) is 0.465. The minimum absolute atomic E-state index is 0.0905. The molecular weight excluding hydrogens is 402 g/mol. The van der Waals surface area contributed by atoms with Gasteiger partial charge in [0, 0.05) is 36.6 Å². The van der Waals surface area contributed by atoms with Gasteiger partial charge in [-0.05, 0) is 50.8 Å². The van der Waals surface area contributed by atoms with Crippen molar-refractivity contribution in [2.24, 2.45) is 11.3 Å². The third-order valence-electron chi connectivity index (χ3n) is 9.79. The molecule has 4 bridgehead atoms.